The highest BCUT2D eigenvalue weighted by Gasteiger charge is 2.15. The molecule has 4 heteroatoms. The molecule has 1 unspecified atom stereocenters. The lowest BCUT2D eigenvalue weighted by molar-refractivity contribution is -0.135. The van der Waals surface area contributed by atoms with Crippen LogP contribution in [0.1, 0.15) is 13.8 Å². The lowest BCUT2D eigenvalue weighted by atomic mass is 10.2. The number of aliphatic hydroxyl groups excluding tert-OH is 2. The van der Waals surface area contributed by atoms with E-state index in [-0.39, 0.29) is 5.76 Å². The topological polar surface area (TPSA) is 66.8 Å². The molecule has 2 N–H and O–H groups in total. The molecule has 0 saturated carbocycles. The fraction of sp³-hybridized carbons (Fsp3) is 0.444. The van der Waals surface area contributed by atoms with Crippen molar-refractivity contribution in [3.05, 3.63) is 24.0 Å². The minimum Gasteiger partial charge on any atom is -0.425 e. The zero-order chi connectivity index (χ0) is 10.4. The molecule has 0 bridgehead atoms. The second-order valence-corrected chi connectivity index (χ2v) is 2.69. The Morgan fingerprint density at radius 2 is 2.15 bits per heavy atom. The summed E-state index contributed by atoms with van der Waals surface area (Å²) in [6.07, 6.45) is -0.165. The molecule has 0 amide bonds. The lowest BCUT2D eigenvalue weighted by Gasteiger charge is -2.13. The molecule has 0 aliphatic carbocycles. The number of rotatable bonds is 4. The van der Waals surface area contributed by atoms with Crippen molar-refractivity contribution in [2.24, 2.45) is 0 Å². The predicted molar refractivity (Wildman–Crippen MR) is 47.8 cm³/mol. The fourth-order valence-electron chi connectivity index (χ4n) is 0.736. The van der Waals surface area contributed by atoms with E-state index in [9.17, 15) is 9.90 Å². The number of ether oxygens (including phenoxy) is 1. The third-order valence-electron chi connectivity index (χ3n) is 1.35. The summed E-state index contributed by atoms with van der Waals surface area (Å²) in [7, 11) is 0. The smallest absolute Gasteiger partial charge is 0.335 e. The van der Waals surface area contributed by atoms with Crippen LogP contribution >= 0.6 is 0 Å². The van der Waals surface area contributed by atoms with Crippen molar-refractivity contribution >= 4 is 5.97 Å². The quantitative estimate of drug-likeness (QED) is 0.378. The van der Waals surface area contributed by atoms with E-state index in [0.717, 1.165) is 6.08 Å². The molecule has 0 rings (SSSR count). The van der Waals surface area contributed by atoms with Crippen molar-refractivity contribution in [2.45, 2.75) is 20.0 Å². The summed E-state index contributed by atoms with van der Waals surface area (Å²) in [5, 5.41) is 17.9. The Balaban J connectivity index is 4.56. The molecule has 1 atom stereocenters. The molecule has 0 aromatic carbocycles. The molecule has 0 radical (unpaired) electrons. The Bertz CT molecular complexity index is 226. The maximum Gasteiger partial charge on any atom is 0.335 e. The first-order valence-corrected chi connectivity index (χ1v) is 3.83. The number of carbonyl (C=O) groups excluding carboxylic acids is 1. The van der Waals surface area contributed by atoms with Crippen LogP contribution < -0.4 is 0 Å². The van der Waals surface area contributed by atoms with Crippen LogP contribution in [0.3, 0.4) is 0 Å². The average molecular weight is 186 g/mol. The summed E-state index contributed by atoms with van der Waals surface area (Å²) in [6.45, 7) is 6.08. The van der Waals surface area contributed by atoms with Crippen molar-refractivity contribution in [2.75, 3.05) is 6.61 Å². The predicted octanol–water partition coefficient (Wildman–Crippen LogP) is 0.363. The van der Waals surface area contributed by atoms with Gasteiger partial charge in [0.2, 0.25) is 0 Å². The lowest BCUT2D eigenvalue weighted by Crippen LogP contribution is -2.20. The van der Waals surface area contributed by atoms with Crippen molar-refractivity contribution in [3.8, 4) is 0 Å². The van der Waals surface area contributed by atoms with Gasteiger partial charge in [0.05, 0.1) is 6.61 Å². The van der Waals surface area contributed by atoms with Crippen molar-refractivity contribution in [1.82, 2.24) is 0 Å². The van der Waals surface area contributed by atoms with Crippen LogP contribution in [-0.4, -0.2) is 28.9 Å². The van der Waals surface area contributed by atoms with E-state index >= 15 is 0 Å². The van der Waals surface area contributed by atoms with Crippen molar-refractivity contribution < 1.29 is 19.7 Å². The largest absolute Gasteiger partial charge is 0.425 e. The molecule has 0 fully saturated rings. The molecule has 0 saturated heterocycles. The third kappa shape index (κ3) is 3.87. The average Bonchev–Trinajstić information content (AvgIpc) is 2.11. The molecule has 0 aromatic heterocycles. The van der Waals surface area contributed by atoms with Crippen molar-refractivity contribution in [3.63, 3.8) is 0 Å². The molecule has 0 spiro atoms. The minimum absolute atomic E-state index is 0.0763. The normalized spacial score (nSPS) is 11.7. The second-order valence-electron chi connectivity index (χ2n) is 2.69. The first-order valence-electron chi connectivity index (χ1n) is 3.83. The van der Waals surface area contributed by atoms with Gasteiger partial charge in [-0.3, -0.25) is 0 Å². The fourth-order valence-corrected chi connectivity index (χ4v) is 0.736. The summed E-state index contributed by atoms with van der Waals surface area (Å²) in [6, 6.07) is 0. The Hall–Kier alpha value is -1.13. The first kappa shape index (κ1) is 11.9. The first-order chi connectivity index (χ1) is 6.02. The van der Waals surface area contributed by atoms with E-state index in [1.807, 2.05) is 0 Å². The molecule has 74 valence electrons. The van der Waals surface area contributed by atoms with Gasteiger partial charge in [0, 0.05) is 6.08 Å². The van der Waals surface area contributed by atoms with Gasteiger partial charge in [-0.2, -0.15) is 0 Å². The van der Waals surface area contributed by atoms with Crippen molar-refractivity contribution in [1.29, 1.82) is 0 Å². The van der Waals surface area contributed by atoms with Gasteiger partial charge in [0.1, 0.15) is 11.9 Å². The van der Waals surface area contributed by atoms with Gasteiger partial charge in [0.15, 0.2) is 0 Å². The molecule has 4 nitrogen and oxygen atoms in total. The van der Waals surface area contributed by atoms with Gasteiger partial charge in [-0.1, -0.05) is 6.58 Å². The van der Waals surface area contributed by atoms with E-state index in [1.54, 1.807) is 13.8 Å². The van der Waals surface area contributed by atoms with Gasteiger partial charge in [-0.15, -0.1) is 0 Å². The summed E-state index contributed by atoms with van der Waals surface area (Å²) in [5.41, 5.74) is 0.636. The zero-order valence-corrected chi connectivity index (χ0v) is 7.78. The standard InChI is InChI=1S/C9H14O4/c1-4-8(12)13-9(6(2)3)7(11)5-10/h4,7,10-11H,1,5H2,2-3H3. The Kier molecular flexibility index (Phi) is 5.03. The number of esters is 1. The van der Waals surface area contributed by atoms with E-state index in [0.29, 0.717) is 5.57 Å². The van der Waals surface area contributed by atoms with Gasteiger partial charge >= 0.3 is 5.97 Å². The highest BCUT2D eigenvalue weighted by molar-refractivity contribution is 5.82. The maximum atomic E-state index is 10.8. The Labute approximate surface area is 77.1 Å². The van der Waals surface area contributed by atoms with E-state index in [2.05, 4.69) is 6.58 Å². The Morgan fingerprint density at radius 3 is 2.46 bits per heavy atom. The monoisotopic (exact) mass is 186 g/mol. The molecular formula is C9H14O4. The Morgan fingerprint density at radius 1 is 1.62 bits per heavy atom. The van der Waals surface area contributed by atoms with Gasteiger partial charge < -0.3 is 14.9 Å². The SMILES string of the molecule is C=CC(=O)OC(=C(C)C)C(O)CO. The molecule has 0 heterocycles. The van der Waals surface area contributed by atoms with E-state index in [4.69, 9.17) is 9.84 Å². The number of carbonyl (C=O) groups is 1. The van der Waals surface area contributed by atoms with E-state index in [1.165, 1.54) is 0 Å². The number of allylic oxidation sites excluding steroid dienone is 1. The van der Waals surface area contributed by atoms with Crippen LogP contribution in [0.2, 0.25) is 0 Å². The maximum absolute atomic E-state index is 10.8. The molecule has 0 aliphatic heterocycles. The highest BCUT2D eigenvalue weighted by Crippen LogP contribution is 2.10. The number of hydrogen-bond donors (Lipinski definition) is 2. The number of aliphatic hydroxyl groups is 2. The van der Waals surface area contributed by atoms with Crippen LogP contribution in [0, 0.1) is 0 Å². The van der Waals surface area contributed by atoms with E-state index < -0.39 is 18.7 Å². The molecule has 0 aromatic rings. The molecular weight excluding hydrogens is 172 g/mol. The third-order valence-corrected chi connectivity index (χ3v) is 1.35. The molecule has 13 heavy (non-hydrogen) atoms. The van der Waals surface area contributed by atoms with Crippen LogP contribution in [0.4, 0.5) is 0 Å². The number of hydrogen-bond acceptors (Lipinski definition) is 4. The highest BCUT2D eigenvalue weighted by atomic mass is 16.5. The summed E-state index contributed by atoms with van der Waals surface area (Å²) < 4.78 is 4.73. The second kappa shape index (κ2) is 5.50. The zero-order valence-electron chi connectivity index (χ0n) is 7.78. The van der Waals surface area contributed by atoms with Gasteiger partial charge in [-0.05, 0) is 19.4 Å². The minimum atomic E-state index is -1.16. The van der Waals surface area contributed by atoms with Gasteiger partial charge in [-0.25, -0.2) is 4.79 Å². The van der Waals surface area contributed by atoms with Crippen LogP contribution in [0.5, 0.6) is 0 Å². The van der Waals surface area contributed by atoms with Crippen LogP contribution in [0.25, 0.3) is 0 Å². The van der Waals surface area contributed by atoms with Gasteiger partial charge in [0.25, 0.3) is 0 Å². The molecule has 0 aliphatic rings. The van der Waals surface area contributed by atoms with Crippen LogP contribution in [0.15, 0.2) is 24.0 Å². The summed E-state index contributed by atoms with van der Waals surface area (Å²) in [5.74, 6) is -0.573. The summed E-state index contributed by atoms with van der Waals surface area (Å²) in [4.78, 5) is 10.8. The van der Waals surface area contributed by atoms with Crippen LogP contribution in [-0.2, 0) is 9.53 Å². The summed E-state index contributed by atoms with van der Waals surface area (Å²) >= 11 is 0.